The molecule has 0 aromatic heterocycles. The fraction of sp³-hybridized carbons (Fsp3) is 0.385. The molecule has 1 aromatic rings. The molecule has 19 heavy (non-hydrogen) atoms. The van der Waals surface area contributed by atoms with Crippen LogP contribution in [0.25, 0.3) is 0 Å². The molecule has 0 saturated carbocycles. The van der Waals surface area contributed by atoms with Crippen LogP contribution in [0, 0.1) is 0 Å². The monoisotopic (exact) mass is 264 g/mol. The fourth-order valence-electron chi connectivity index (χ4n) is 2.18. The molecule has 1 aliphatic heterocycles. The van der Waals surface area contributed by atoms with Gasteiger partial charge in [-0.05, 0) is 19.2 Å². The number of hydrogen-bond donors (Lipinski definition) is 1. The Balaban J connectivity index is 2.33. The van der Waals surface area contributed by atoms with Crippen LogP contribution in [-0.4, -0.2) is 55.2 Å². The Morgan fingerprint density at radius 3 is 2.74 bits per heavy atom. The molecule has 2 rings (SSSR count). The highest BCUT2D eigenvalue weighted by molar-refractivity contribution is 5.98. The van der Waals surface area contributed by atoms with Crippen molar-refractivity contribution in [2.45, 2.75) is 6.04 Å². The summed E-state index contributed by atoms with van der Waals surface area (Å²) >= 11 is 0. The molecule has 6 nitrogen and oxygen atoms in total. The number of carbonyl (C=O) groups excluding carboxylic acids is 1. The van der Waals surface area contributed by atoms with Gasteiger partial charge in [-0.3, -0.25) is 14.5 Å². The number of piperazine rings is 1. The number of carboxylic acids is 1. The number of hydrogen-bond acceptors (Lipinski definition) is 4. The molecule has 1 saturated heterocycles. The normalized spacial score (nSPS) is 20.4. The molecule has 1 aromatic carbocycles. The Morgan fingerprint density at radius 2 is 2.11 bits per heavy atom. The van der Waals surface area contributed by atoms with Crippen LogP contribution in [0.3, 0.4) is 0 Å². The van der Waals surface area contributed by atoms with Crippen LogP contribution in [0.5, 0.6) is 5.75 Å². The summed E-state index contributed by atoms with van der Waals surface area (Å²) in [5.74, 6) is -0.510. The second-order valence-electron chi connectivity index (χ2n) is 4.45. The molecule has 1 N–H and O–H groups in total. The maximum atomic E-state index is 12.1. The van der Waals surface area contributed by atoms with Crippen molar-refractivity contribution in [3.63, 3.8) is 0 Å². The minimum atomic E-state index is -0.935. The van der Waals surface area contributed by atoms with Gasteiger partial charge in [-0.15, -0.1) is 0 Å². The van der Waals surface area contributed by atoms with Crippen LogP contribution < -0.4 is 9.64 Å². The van der Waals surface area contributed by atoms with Crippen molar-refractivity contribution in [2.24, 2.45) is 0 Å². The number of ether oxygens (including phenoxy) is 1. The third-order valence-corrected chi connectivity index (χ3v) is 3.23. The van der Waals surface area contributed by atoms with Crippen molar-refractivity contribution in [2.75, 3.05) is 32.1 Å². The van der Waals surface area contributed by atoms with Crippen LogP contribution in [0.2, 0.25) is 0 Å². The minimum Gasteiger partial charge on any atom is -0.495 e. The Morgan fingerprint density at radius 1 is 1.42 bits per heavy atom. The number of methoxy groups -OCH3 is 1. The largest absolute Gasteiger partial charge is 0.495 e. The van der Waals surface area contributed by atoms with Gasteiger partial charge in [0.15, 0.2) is 0 Å². The summed E-state index contributed by atoms with van der Waals surface area (Å²) in [6.07, 6.45) is 0. The number of nitrogens with zero attached hydrogens (tertiary/aromatic N) is 2. The van der Waals surface area contributed by atoms with Crippen molar-refractivity contribution in [3.05, 3.63) is 24.3 Å². The van der Waals surface area contributed by atoms with Crippen molar-refractivity contribution in [1.29, 1.82) is 0 Å². The topological polar surface area (TPSA) is 70.1 Å². The van der Waals surface area contributed by atoms with E-state index in [1.165, 1.54) is 16.9 Å². The van der Waals surface area contributed by atoms with Gasteiger partial charge < -0.3 is 14.7 Å². The molecule has 0 radical (unpaired) electrons. The summed E-state index contributed by atoms with van der Waals surface area (Å²) in [5, 5.41) is 9.18. The highest BCUT2D eigenvalue weighted by Crippen LogP contribution is 2.29. The van der Waals surface area contributed by atoms with Crippen LogP contribution >= 0.6 is 0 Å². The first-order chi connectivity index (χ1) is 9.04. The number of anilines is 1. The third-order valence-electron chi connectivity index (χ3n) is 3.23. The molecular formula is C13H16N2O4. The number of carboxylic acid groups (broad SMARTS) is 1. The Bertz CT molecular complexity index is 503. The first-order valence-electron chi connectivity index (χ1n) is 5.91. The van der Waals surface area contributed by atoms with Gasteiger partial charge in [0.1, 0.15) is 11.8 Å². The van der Waals surface area contributed by atoms with E-state index in [0.29, 0.717) is 11.4 Å². The quantitative estimate of drug-likeness (QED) is 0.857. The number of carbonyl (C=O) groups is 2. The van der Waals surface area contributed by atoms with Gasteiger partial charge in [0.2, 0.25) is 5.91 Å². The van der Waals surface area contributed by atoms with Crippen LogP contribution in [0.1, 0.15) is 0 Å². The van der Waals surface area contributed by atoms with Gasteiger partial charge in [0.05, 0.1) is 25.9 Å². The van der Waals surface area contributed by atoms with Crippen molar-refractivity contribution >= 4 is 17.6 Å². The zero-order valence-electron chi connectivity index (χ0n) is 10.9. The average Bonchev–Trinajstić information content (AvgIpc) is 2.38. The molecular weight excluding hydrogens is 248 g/mol. The molecule has 1 fully saturated rings. The SMILES string of the molecule is COc1ccccc1N1CC(C(=O)O)N(C)CC1=O. The molecule has 0 aliphatic carbocycles. The molecule has 1 amide bonds. The summed E-state index contributed by atoms with van der Waals surface area (Å²) in [4.78, 5) is 26.3. The molecule has 0 bridgehead atoms. The van der Waals surface area contributed by atoms with Gasteiger partial charge >= 0.3 is 5.97 Å². The maximum absolute atomic E-state index is 12.1. The van der Waals surface area contributed by atoms with E-state index in [1.54, 1.807) is 31.3 Å². The van der Waals surface area contributed by atoms with Crippen molar-refractivity contribution in [3.8, 4) is 5.75 Å². The third kappa shape index (κ3) is 2.53. The molecule has 0 spiro atoms. The lowest BCUT2D eigenvalue weighted by molar-refractivity contribution is -0.144. The smallest absolute Gasteiger partial charge is 0.322 e. The first kappa shape index (κ1) is 13.4. The number of likely N-dealkylation sites (N-methyl/N-ethyl adjacent to an activating group) is 1. The summed E-state index contributed by atoms with van der Waals surface area (Å²) in [7, 11) is 3.16. The van der Waals surface area contributed by atoms with E-state index in [1.807, 2.05) is 0 Å². The van der Waals surface area contributed by atoms with Gasteiger partial charge in [-0.1, -0.05) is 12.1 Å². The first-order valence-corrected chi connectivity index (χ1v) is 5.91. The van der Waals surface area contributed by atoms with E-state index in [2.05, 4.69) is 0 Å². The Labute approximate surface area is 111 Å². The Hall–Kier alpha value is -2.08. The van der Waals surface area contributed by atoms with Crippen molar-refractivity contribution in [1.82, 2.24) is 4.90 Å². The van der Waals surface area contributed by atoms with Gasteiger partial charge in [0, 0.05) is 0 Å². The number of amides is 1. The number of para-hydroxylation sites is 2. The average molecular weight is 264 g/mol. The Kier molecular flexibility index (Phi) is 3.71. The molecule has 1 heterocycles. The second-order valence-corrected chi connectivity index (χ2v) is 4.45. The predicted molar refractivity (Wildman–Crippen MR) is 69.4 cm³/mol. The lowest BCUT2D eigenvalue weighted by Gasteiger charge is -2.37. The standard InChI is InChI=1S/C13H16N2O4/c1-14-8-12(16)15(7-10(14)13(17)18)9-5-3-4-6-11(9)19-2/h3-6,10H,7-8H2,1-2H3,(H,17,18). The lowest BCUT2D eigenvalue weighted by atomic mass is 10.1. The van der Waals surface area contributed by atoms with Gasteiger partial charge in [-0.2, -0.15) is 0 Å². The zero-order chi connectivity index (χ0) is 14.0. The van der Waals surface area contributed by atoms with Gasteiger partial charge in [0.25, 0.3) is 0 Å². The fourth-order valence-corrected chi connectivity index (χ4v) is 2.18. The van der Waals surface area contributed by atoms with E-state index in [4.69, 9.17) is 4.74 Å². The summed E-state index contributed by atoms with van der Waals surface area (Å²) in [6, 6.07) is 6.39. The maximum Gasteiger partial charge on any atom is 0.322 e. The highest BCUT2D eigenvalue weighted by atomic mass is 16.5. The number of aliphatic carboxylic acids is 1. The van der Waals surface area contributed by atoms with E-state index < -0.39 is 12.0 Å². The van der Waals surface area contributed by atoms with E-state index in [9.17, 15) is 14.7 Å². The second kappa shape index (κ2) is 5.27. The van der Waals surface area contributed by atoms with Crippen molar-refractivity contribution < 1.29 is 19.4 Å². The summed E-state index contributed by atoms with van der Waals surface area (Å²) in [6.45, 7) is 0.194. The van der Waals surface area contributed by atoms with Crippen LogP contribution in [0.15, 0.2) is 24.3 Å². The minimum absolute atomic E-state index is 0.0784. The summed E-state index contributed by atoms with van der Waals surface area (Å²) < 4.78 is 5.21. The molecule has 102 valence electrons. The van der Waals surface area contributed by atoms with Gasteiger partial charge in [-0.25, -0.2) is 0 Å². The van der Waals surface area contributed by atoms with E-state index in [0.717, 1.165) is 0 Å². The predicted octanol–water partition coefficient (Wildman–Crippen LogP) is 0.427. The zero-order valence-corrected chi connectivity index (χ0v) is 10.9. The molecule has 1 aliphatic rings. The van der Waals surface area contributed by atoms with Crippen LogP contribution in [-0.2, 0) is 9.59 Å². The molecule has 6 heteroatoms. The van der Waals surface area contributed by atoms with E-state index in [-0.39, 0.29) is 19.0 Å². The van der Waals surface area contributed by atoms with Crippen LogP contribution in [0.4, 0.5) is 5.69 Å². The molecule has 1 atom stereocenters. The molecule has 1 unspecified atom stereocenters. The van der Waals surface area contributed by atoms with E-state index >= 15 is 0 Å². The number of benzene rings is 1. The highest BCUT2D eigenvalue weighted by Gasteiger charge is 2.35. The lowest BCUT2D eigenvalue weighted by Crippen LogP contribution is -2.57. The summed E-state index contributed by atoms with van der Waals surface area (Å²) in [5.41, 5.74) is 0.606. The number of rotatable bonds is 3.